The van der Waals surface area contributed by atoms with Crippen LogP contribution in [-0.4, -0.2) is 43.0 Å². The number of hydrogen-bond donors (Lipinski definition) is 1. The Balaban J connectivity index is 2.68. The summed E-state index contributed by atoms with van der Waals surface area (Å²) in [6.45, 7) is 3.34. The van der Waals surface area contributed by atoms with Gasteiger partial charge in [-0.2, -0.15) is 0 Å². The van der Waals surface area contributed by atoms with E-state index in [2.05, 4.69) is 5.32 Å². The van der Waals surface area contributed by atoms with E-state index in [1.165, 1.54) is 13.2 Å². The van der Waals surface area contributed by atoms with Crippen molar-refractivity contribution >= 4 is 11.6 Å². The summed E-state index contributed by atoms with van der Waals surface area (Å²) < 4.78 is 4.96. The molecule has 0 unspecified atom stereocenters. The quantitative estimate of drug-likeness (QED) is 0.581. The zero-order valence-corrected chi connectivity index (χ0v) is 12.6. The molecular weight excluding hydrogens is 274 g/mol. The van der Waals surface area contributed by atoms with Gasteiger partial charge in [0.05, 0.1) is 18.6 Å². The van der Waals surface area contributed by atoms with E-state index in [-0.39, 0.29) is 23.9 Å². The molecular formula is C14H21N3O4. The standard InChI is InChI=1S/C14H21N3O4/c1-4-7-15-14(18)10-16(2)9-11-5-6-13(21-3)12(8-11)17(19)20/h5-6,8H,4,7,9-10H2,1-3H3,(H,15,18). The van der Waals surface area contributed by atoms with Gasteiger partial charge in [-0.1, -0.05) is 13.0 Å². The van der Waals surface area contributed by atoms with Crippen molar-refractivity contribution in [3.8, 4) is 5.75 Å². The van der Waals surface area contributed by atoms with Crippen LogP contribution in [0.25, 0.3) is 0 Å². The van der Waals surface area contributed by atoms with Crippen molar-refractivity contribution in [3.63, 3.8) is 0 Å². The number of nitrogens with one attached hydrogen (secondary N) is 1. The van der Waals surface area contributed by atoms with Crippen LogP contribution in [-0.2, 0) is 11.3 Å². The largest absolute Gasteiger partial charge is 0.490 e. The number of carbonyl (C=O) groups excluding carboxylic acids is 1. The van der Waals surface area contributed by atoms with Crippen LogP contribution in [0.3, 0.4) is 0 Å². The molecule has 7 nitrogen and oxygen atoms in total. The number of hydrogen-bond acceptors (Lipinski definition) is 5. The van der Waals surface area contributed by atoms with Gasteiger partial charge in [-0.25, -0.2) is 0 Å². The van der Waals surface area contributed by atoms with E-state index >= 15 is 0 Å². The molecule has 0 aliphatic carbocycles. The number of nitrogens with zero attached hydrogens (tertiary/aromatic N) is 2. The molecule has 1 amide bonds. The lowest BCUT2D eigenvalue weighted by Gasteiger charge is -2.16. The molecule has 0 aliphatic rings. The Morgan fingerprint density at radius 1 is 1.48 bits per heavy atom. The third kappa shape index (κ3) is 5.39. The summed E-state index contributed by atoms with van der Waals surface area (Å²) in [6, 6.07) is 4.80. The van der Waals surface area contributed by atoms with E-state index in [9.17, 15) is 14.9 Å². The molecule has 0 saturated heterocycles. The summed E-state index contributed by atoms with van der Waals surface area (Å²) >= 11 is 0. The van der Waals surface area contributed by atoms with Crippen molar-refractivity contribution in [3.05, 3.63) is 33.9 Å². The lowest BCUT2D eigenvalue weighted by Crippen LogP contribution is -2.35. The molecule has 1 aromatic rings. The zero-order valence-electron chi connectivity index (χ0n) is 12.6. The van der Waals surface area contributed by atoms with Crippen molar-refractivity contribution in [1.29, 1.82) is 0 Å². The molecule has 7 heteroatoms. The maximum Gasteiger partial charge on any atom is 0.311 e. The summed E-state index contributed by atoms with van der Waals surface area (Å²) in [4.78, 5) is 23.9. The Kier molecular flexibility index (Phi) is 6.61. The molecule has 1 aromatic carbocycles. The van der Waals surface area contributed by atoms with E-state index in [0.717, 1.165) is 12.0 Å². The first kappa shape index (κ1) is 16.9. The molecule has 0 bridgehead atoms. The minimum Gasteiger partial charge on any atom is -0.490 e. The fraction of sp³-hybridized carbons (Fsp3) is 0.500. The lowest BCUT2D eigenvalue weighted by atomic mass is 10.1. The van der Waals surface area contributed by atoms with Gasteiger partial charge in [0, 0.05) is 19.2 Å². The SMILES string of the molecule is CCCNC(=O)CN(C)Cc1ccc(OC)c([N+](=O)[O-])c1. The third-order valence-corrected chi connectivity index (χ3v) is 2.88. The molecule has 0 spiro atoms. The monoisotopic (exact) mass is 295 g/mol. The topological polar surface area (TPSA) is 84.7 Å². The third-order valence-electron chi connectivity index (χ3n) is 2.88. The highest BCUT2D eigenvalue weighted by Crippen LogP contribution is 2.27. The van der Waals surface area contributed by atoms with Crippen LogP contribution in [0.4, 0.5) is 5.69 Å². The summed E-state index contributed by atoms with van der Waals surface area (Å²) in [6.07, 6.45) is 0.889. The Hall–Kier alpha value is -2.15. The van der Waals surface area contributed by atoms with E-state index in [1.807, 2.05) is 6.92 Å². The van der Waals surface area contributed by atoms with E-state index in [4.69, 9.17) is 4.74 Å². The van der Waals surface area contributed by atoms with Gasteiger partial charge in [0.25, 0.3) is 0 Å². The van der Waals surface area contributed by atoms with Gasteiger partial charge >= 0.3 is 5.69 Å². The molecule has 1 rings (SSSR count). The average Bonchev–Trinajstić information content (AvgIpc) is 2.44. The number of ether oxygens (including phenoxy) is 1. The van der Waals surface area contributed by atoms with Gasteiger partial charge in [-0.15, -0.1) is 0 Å². The predicted molar refractivity (Wildman–Crippen MR) is 79.3 cm³/mol. The van der Waals surface area contributed by atoms with E-state index in [0.29, 0.717) is 13.1 Å². The van der Waals surface area contributed by atoms with Gasteiger partial charge in [-0.3, -0.25) is 19.8 Å². The Morgan fingerprint density at radius 2 is 2.19 bits per heavy atom. The smallest absolute Gasteiger partial charge is 0.311 e. The van der Waals surface area contributed by atoms with Crippen LogP contribution in [0.1, 0.15) is 18.9 Å². The van der Waals surface area contributed by atoms with Gasteiger partial charge in [-0.05, 0) is 25.1 Å². The normalized spacial score (nSPS) is 10.5. The Bertz CT molecular complexity index is 505. The molecule has 0 aliphatic heterocycles. The maximum atomic E-state index is 11.6. The van der Waals surface area contributed by atoms with Crippen LogP contribution in [0.5, 0.6) is 5.75 Å². The minimum absolute atomic E-state index is 0.0534. The van der Waals surface area contributed by atoms with Crippen molar-refractivity contribution in [2.45, 2.75) is 19.9 Å². The van der Waals surface area contributed by atoms with Crippen LogP contribution < -0.4 is 10.1 Å². The number of likely N-dealkylation sites (N-methyl/N-ethyl adjacent to an activating group) is 1. The molecule has 21 heavy (non-hydrogen) atoms. The molecule has 0 aromatic heterocycles. The number of nitro groups is 1. The second-order valence-electron chi connectivity index (χ2n) is 4.79. The van der Waals surface area contributed by atoms with E-state index in [1.54, 1.807) is 24.1 Å². The first-order valence-electron chi connectivity index (χ1n) is 6.74. The van der Waals surface area contributed by atoms with Crippen LogP contribution in [0.2, 0.25) is 0 Å². The number of carbonyl (C=O) groups is 1. The zero-order chi connectivity index (χ0) is 15.8. The Morgan fingerprint density at radius 3 is 2.76 bits per heavy atom. The van der Waals surface area contributed by atoms with E-state index < -0.39 is 4.92 Å². The highest BCUT2D eigenvalue weighted by atomic mass is 16.6. The highest BCUT2D eigenvalue weighted by molar-refractivity contribution is 5.77. The Labute approximate surface area is 124 Å². The first-order valence-corrected chi connectivity index (χ1v) is 6.74. The van der Waals surface area contributed by atoms with Gasteiger partial charge < -0.3 is 10.1 Å². The molecule has 1 N–H and O–H groups in total. The van der Waals surface area contributed by atoms with Crippen molar-refractivity contribution < 1.29 is 14.5 Å². The molecule has 0 radical (unpaired) electrons. The number of nitro benzene ring substituents is 1. The molecule has 0 atom stereocenters. The maximum absolute atomic E-state index is 11.6. The molecule has 116 valence electrons. The minimum atomic E-state index is -0.476. The lowest BCUT2D eigenvalue weighted by molar-refractivity contribution is -0.385. The van der Waals surface area contributed by atoms with Crippen molar-refractivity contribution in [1.82, 2.24) is 10.2 Å². The molecule has 0 fully saturated rings. The average molecular weight is 295 g/mol. The predicted octanol–water partition coefficient (Wildman–Crippen LogP) is 1.56. The van der Waals surface area contributed by atoms with Crippen molar-refractivity contribution in [2.75, 3.05) is 27.2 Å². The summed E-state index contributed by atoms with van der Waals surface area (Å²) in [5.41, 5.74) is 0.687. The first-order chi connectivity index (χ1) is 9.97. The van der Waals surface area contributed by atoms with Gasteiger partial charge in [0.2, 0.25) is 5.91 Å². The summed E-state index contributed by atoms with van der Waals surface area (Å²) in [7, 11) is 3.19. The fourth-order valence-corrected chi connectivity index (χ4v) is 1.91. The van der Waals surface area contributed by atoms with Crippen molar-refractivity contribution in [2.24, 2.45) is 0 Å². The molecule has 0 heterocycles. The highest BCUT2D eigenvalue weighted by Gasteiger charge is 2.16. The van der Waals surface area contributed by atoms with Crippen LogP contribution in [0.15, 0.2) is 18.2 Å². The number of rotatable bonds is 8. The second-order valence-corrected chi connectivity index (χ2v) is 4.79. The summed E-state index contributed by atoms with van der Waals surface area (Å²) in [5.74, 6) is 0.175. The summed E-state index contributed by atoms with van der Waals surface area (Å²) in [5, 5.41) is 13.8. The number of benzene rings is 1. The number of amides is 1. The fourth-order valence-electron chi connectivity index (χ4n) is 1.91. The van der Waals surface area contributed by atoms with Gasteiger partial charge in [0.15, 0.2) is 5.75 Å². The molecule has 0 saturated carbocycles. The van der Waals surface area contributed by atoms with Gasteiger partial charge in [0.1, 0.15) is 0 Å². The number of methoxy groups -OCH3 is 1. The second kappa shape index (κ2) is 8.21. The van der Waals surface area contributed by atoms with Crippen LogP contribution >= 0.6 is 0 Å². The van der Waals surface area contributed by atoms with Crippen LogP contribution in [0, 0.1) is 10.1 Å².